The number of hydrogen-bond donors (Lipinski definition) is 3. The third-order valence-electron chi connectivity index (χ3n) is 3.54. The van der Waals surface area contributed by atoms with E-state index in [0.29, 0.717) is 0 Å². The average molecular weight is 335 g/mol. The predicted octanol–water partition coefficient (Wildman–Crippen LogP) is 1.17. The summed E-state index contributed by atoms with van der Waals surface area (Å²) < 4.78 is 0. The first-order valence-corrected chi connectivity index (χ1v) is 6.80. The summed E-state index contributed by atoms with van der Waals surface area (Å²) in [5.41, 5.74) is -2.05. The van der Waals surface area contributed by atoms with Crippen LogP contribution in [0.5, 0.6) is 0 Å². The van der Waals surface area contributed by atoms with E-state index < -0.39 is 41.0 Å². The molecular weight excluding hydrogens is 324 g/mol. The Morgan fingerprint density at radius 2 is 2.09 bits per heavy atom. The second kappa shape index (κ2) is 5.74. The van der Waals surface area contributed by atoms with Gasteiger partial charge in [-0.05, 0) is 24.6 Å². The topological polar surface area (TPSA) is 127 Å². The molecule has 1 aromatic rings. The number of carbonyl (C=O) groups excluding carboxylic acids is 2. The lowest BCUT2D eigenvalue weighted by molar-refractivity contribution is -0.137. The van der Waals surface area contributed by atoms with Crippen molar-refractivity contribution in [2.45, 2.75) is 12.3 Å². The quantitative estimate of drug-likeness (QED) is 0.712. The van der Waals surface area contributed by atoms with E-state index >= 15 is 0 Å². The summed E-state index contributed by atoms with van der Waals surface area (Å²) in [4.78, 5) is 35.1. The molecule has 1 amide bonds. The maximum atomic E-state index is 12.5. The Morgan fingerprint density at radius 1 is 1.43 bits per heavy atom. The van der Waals surface area contributed by atoms with Crippen LogP contribution in [0.25, 0.3) is 5.76 Å². The minimum absolute atomic E-state index is 0.0848. The van der Waals surface area contributed by atoms with E-state index in [-0.39, 0.29) is 16.1 Å². The highest BCUT2D eigenvalue weighted by Crippen LogP contribution is 2.40. The number of nitrogens with zero attached hydrogens (tertiary/aromatic N) is 1. The number of amides is 1. The monoisotopic (exact) mass is 334 g/mol. The van der Waals surface area contributed by atoms with Gasteiger partial charge >= 0.3 is 5.97 Å². The highest BCUT2D eigenvalue weighted by Gasteiger charge is 2.47. The number of rotatable bonds is 3. The number of aliphatic carboxylic acids is 1. The van der Waals surface area contributed by atoms with E-state index in [1.807, 2.05) is 11.4 Å². The highest BCUT2D eigenvalue weighted by molar-refractivity contribution is 6.32. The molecule has 0 fully saturated rings. The highest BCUT2D eigenvalue weighted by atomic mass is 35.5. The van der Waals surface area contributed by atoms with Crippen LogP contribution >= 0.6 is 11.6 Å². The number of carbonyl (C=O) groups is 3. The van der Waals surface area contributed by atoms with Crippen molar-refractivity contribution in [1.82, 2.24) is 5.32 Å². The SMILES string of the molecule is C[C@@]1(C#N)C(=O)C(C(=O)NCC(=O)O)=C(O)c2cc(Cl)ccc21. The van der Waals surface area contributed by atoms with Crippen molar-refractivity contribution in [3.63, 3.8) is 0 Å². The van der Waals surface area contributed by atoms with Gasteiger partial charge < -0.3 is 15.5 Å². The molecule has 1 aliphatic carbocycles. The summed E-state index contributed by atoms with van der Waals surface area (Å²) in [5, 5.41) is 30.5. The molecule has 3 N–H and O–H groups in total. The fourth-order valence-corrected chi connectivity index (χ4v) is 2.50. The number of Topliss-reactive ketones (excluding diaryl/α,β-unsaturated/α-hetero) is 1. The van der Waals surface area contributed by atoms with Crippen LogP contribution in [0.1, 0.15) is 18.1 Å². The van der Waals surface area contributed by atoms with Crippen molar-refractivity contribution in [3.05, 3.63) is 39.9 Å². The summed E-state index contributed by atoms with van der Waals surface area (Å²) in [5.74, 6) is -3.92. The predicted molar refractivity (Wildman–Crippen MR) is 79.6 cm³/mol. The Morgan fingerprint density at radius 3 is 2.65 bits per heavy atom. The minimum Gasteiger partial charge on any atom is -0.506 e. The average Bonchev–Trinajstić information content (AvgIpc) is 2.50. The zero-order valence-corrected chi connectivity index (χ0v) is 12.6. The van der Waals surface area contributed by atoms with Crippen LogP contribution in [0.3, 0.4) is 0 Å². The van der Waals surface area contributed by atoms with Gasteiger partial charge in [-0.3, -0.25) is 14.4 Å². The van der Waals surface area contributed by atoms with Gasteiger partial charge in [-0.25, -0.2) is 0 Å². The van der Waals surface area contributed by atoms with Crippen molar-refractivity contribution >= 4 is 35.0 Å². The molecular formula is C15H11ClN2O5. The molecule has 0 saturated heterocycles. The van der Waals surface area contributed by atoms with E-state index in [1.54, 1.807) is 0 Å². The molecule has 0 aromatic heterocycles. The molecule has 1 aliphatic rings. The smallest absolute Gasteiger partial charge is 0.322 e. The van der Waals surface area contributed by atoms with Gasteiger partial charge in [0.2, 0.25) is 0 Å². The molecule has 7 nitrogen and oxygen atoms in total. The van der Waals surface area contributed by atoms with Gasteiger partial charge in [-0.1, -0.05) is 17.7 Å². The number of halogens is 1. The summed E-state index contributed by atoms with van der Waals surface area (Å²) in [6.07, 6.45) is 0. The first kappa shape index (κ1) is 16.5. The van der Waals surface area contributed by atoms with E-state index in [9.17, 15) is 24.8 Å². The maximum Gasteiger partial charge on any atom is 0.322 e. The number of fused-ring (bicyclic) bond motifs is 1. The summed E-state index contributed by atoms with van der Waals surface area (Å²) in [6, 6.07) is 6.07. The fourth-order valence-electron chi connectivity index (χ4n) is 2.33. The second-order valence-corrected chi connectivity index (χ2v) is 5.49. The molecule has 0 heterocycles. The zero-order chi connectivity index (χ0) is 17.4. The number of nitriles is 1. The van der Waals surface area contributed by atoms with E-state index in [4.69, 9.17) is 16.7 Å². The zero-order valence-electron chi connectivity index (χ0n) is 11.9. The molecule has 1 atom stereocenters. The molecule has 8 heteroatoms. The van der Waals surface area contributed by atoms with Gasteiger partial charge in [-0.15, -0.1) is 0 Å². The first-order chi connectivity index (χ1) is 10.7. The third kappa shape index (κ3) is 2.64. The lowest BCUT2D eigenvalue weighted by Gasteiger charge is -2.29. The number of aliphatic hydroxyl groups excluding tert-OH is 1. The molecule has 0 aliphatic heterocycles. The van der Waals surface area contributed by atoms with Crippen LogP contribution in [0.4, 0.5) is 0 Å². The summed E-state index contributed by atoms with van der Waals surface area (Å²) in [6.45, 7) is 0.591. The van der Waals surface area contributed by atoms with Gasteiger partial charge in [0.05, 0.1) is 6.07 Å². The number of aliphatic hydroxyl groups is 1. The number of carboxylic acid groups (broad SMARTS) is 1. The van der Waals surface area contributed by atoms with Crippen molar-refractivity contribution in [1.29, 1.82) is 5.26 Å². The van der Waals surface area contributed by atoms with Gasteiger partial charge in [0.1, 0.15) is 23.3 Å². The molecule has 23 heavy (non-hydrogen) atoms. The van der Waals surface area contributed by atoms with Crippen LogP contribution in [0.2, 0.25) is 5.02 Å². The summed E-state index contributed by atoms with van der Waals surface area (Å²) >= 11 is 5.86. The molecule has 0 radical (unpaired) electrons. The van der Waals surface area contributed by atoms with Crippen molar-refractivity contribution in [2.75, 3.05) is 6.54 Å². The largest absolute Gasteiger partial charge is 0.506 e. The molecule has 0 bridgehead atoms. The maximum absolute atomic E-state index is 12.5. The van der Waals surface area contributed by atoms with Gasteiger partial charge in [0.15, 0.2) is 5.78 Å². The molecule has 118 valence electrons. The molecule has 0 saturated carbocycles. The number of carboxylic acids is 1. The molecule has 1 aromatic carbocycles. The molecule has 0 spiro atoms. The van der Waals surface area contributed by atoms with E-state index in [0.717, 1.165) is 0 Å². The summed E-state index contributed by atoms with van der Waals surface area (Å²) in [7, 11) is 0. The Labute approximate surface area is 135 Å². The van der Waals surface area contributed by atoms with E-state index in [1.165, 1.54) is 25.1 Å². The lowest BCUT2D eigenvalue weighted by atomic mass is 9.70. The normalized spacial score (nSPS) is 19.8. The minimum atomic E-state index is -1.69. The van der Waals surface area contributed by atoms with Crippen molar-refractivity contribution in [3.8, 4) is 6.07 Å². The second-order valence-electron chi connectivity index (χ2n) is 5.06. The van der Waals surface area contributed by atoms with Crippen LogP contribution in [-0.4, -0.2) is 34.4 Å². The van der Waals surface area contributed by atoms with Crippen LogP contribution in [-0.2, 0) is 19.8 Å². The third-order valence-corrected chi connectivity index (χ3v) is 3.78. The lowest BCUT2D eigenvalue weighted by Crippen LogP contribution is -2.43. The Kier molecular flexibility index (Phi) is 4.12. The Balaban J connectivity index is 2.64. The van der Waals surface area contributed by atoms with Gasteiger partial charge in [0, 0.05) is 10.6 Å². The molecule has 2 rings (SSSR count). The molecule has 0 unspecified atom stereocenters. The van der Waals surface area contributed by atoms with Crippen LogP contribution in [0.15, 0.2) is 23.8 Å². The Bertz CT molecular complexity index is 809. The number of hydrogen-bond acceptors (Lipinski definition) is 5. The van der Waals surface area contributed by atoms with Crippen LogP contribution < -0.4 is 5.32 Å². The number of ketones is 1. The van der Waals surface area contributed by atoms with Gasteiger partial charge in [0.25, 0.3) is 5.91 Å². The van der Waals surface area contributed by atoms with Gasteiger partial charge in [-0.2, -0.15) is 5.26 Å². The Hall–Kier alpha value is -2.85. The number of benzene rings is 1. The number of nitrogens with one attached hydrogen (secondary N) is 1. The van der Waals surface area contributed by atoms with Crippen molar-refractivity contribution < 1.29 is 24.6 Å². The first-order valence-electron chi connectivity index (χ1n) is 6.42. The van der Waals surface area contributed by atoms with Crippen molar-refractivity contribution in [2.24, 2.45) is 0 Å². The van der Waals surface area contributed by atoms with E-state index in [2.05, 4.69) is 0 Å². The fraction of sp³-hybridized carbons (Fsp3) is 0.200. The standard InChI is InChI=1S/C15H11ClN2O5/c1-15(6-17)9-3-2-7(16)4-8(9)12(21)11(13(15)22)14(23)18-5-10(19)20/h2-4,21H,5H2,1H3,(H,18,23)(H,19,20)/t15-/m0/s1. The van der Waals surface area contributed by atoms with Crippen LogP contribution in [0, 0.1) is 11.3 Å².